The van der Waals surface area contributed by atoms with Crippen molar-refractivity contribution in [2.45, 2.75) is 271 Å². The molecule has 0 aliphatic carbocycles. The monoisotopic (exact) mass is 1990 g/mol. The van der Waals surface area contributed by atoms with E-state index in [2.05, 4.69) is 0 Å². The smallest absolute Gasteiger partial charge is 0.161 e. The van der Waals surface area contributed by atoms with E-state index in [4.69, 9.17) is 157 Å². The molecule has 0 radical (unpaired) electrons. The van der Waals surface area contributed by atoms with Crippen LogP contribution in [0.25, 0.3) is 0 Å². The van der Waals surface area contributed by atoms with Gasteiger partial charge in [-0.25, -0.2) is 0 Å². The summed E-state index contributed by atoms with van der Waals surface area (Å²) in [4.78, 5) is 5.69. The highest BCUT2D eigenvalue weighted by Gasteiger charge is 2.47. The molecular formula is C114H174N6O18. The van der Waals surface area contributed by atoms with Crippen molar-refractivity contribution in [2.75, 3.05) is 163 Å². The average molecular weight is 1990 g/mol. The van der Waals surface area contributed by atoms with E-state index >= 15 is 0 Å². The zero-order valence-corrected chi connectivity index (χ0v) is 79.9. The van der Waals surface area contributed by atoms with E-state index in [0.29, 0.717) is 6.42 Å². The molecule has 12 aliphatic heterocycles. The summed E-state index contributed by atoms with van der Waals surface area (Å²) in [5.41, 5.74) is -4.33. The summed E-state index contributed by atoms with van der Waals surface area (Å²) in [6.45, 7) is -22.0. The van der Waals surface area contributed by atoms with E-state index < -0.39 is 457 Å². The molecule has 12 aliphatic rings. The molecule has 12 heterocycles. The molecule has 6 aromatic carbocycles. The molecule has 0 amide bonds. The molecule has 768 valence electrons. The van der Waals surface area contributed by atoms with Gasteiger partial charge in [0.25, 0.3) is 0 Å². The minimum Gasteiger partial charge on any atom is -0.493 e. The molecule has 0 saturated carbocycles. The molecule has 18 rings (SSSR count). The van der Waals surface area contributed by atoms with Crippen LogP contribution in [0.4, 0.5) is 0 Å². The van der Waals surface area contributed by atoms with Crippen LogP contribution in [0.15, 0.2) is 72.5 Å². The van der Waals surface area contributed by atoms with Crippen LogP contribution in [-0.4, -0.2) is 260 Å². The van der Waals surface area contributed by atoms with Crippen LogP contribution in [0.3, 0.4) is 0 Å². The van der Waals surface area contributed by atoms with Gasteiger partial charge in [-0.1, -0.05) is 82.8 Å². The second kappa shape index (κ2) is 49.1. The lowest BCUT2D eigenvalue weighted by molar-refractivity contribution is -0.0192. The number of hydrogen-bond acceptors (Lipinski definition) is 24. The first-order chi connectivity index (χ1) is 94.5. The number of piperidine rings is 6. The highest BCUT2D eigenvalue weighted by molar-refractivity contribution is 5.55. The second-order valence-corrected chi connectivity index (χ2v) is 35.2. The zero-order valence-electron chi connectivity index (χ0n) is 153. The van der Waals surface area contributed by atoms with Crippen molar-refractivity contribution in [3.05, 3.63) is 139 Å². The maximum absolute atomic E-state index is 11.1. The third-order valence-electron chi connectivity index (χ3n) is 24.7. The summed E-state index contributed by atoms with van der Waals surface area (Å²) in [5.74, 6) is -24.7. The van der Waals surface area contributed by atoms with Crippen LogP contribution in [0.5, 0.6) is 69.0 Å². The molecule has 6 saturated heterocycles. The van der Waals surface area contributed by atoms with E-state index in [0.717, 1.165) is 73.5 Å². The van der Waals surface area contributed by atoms with Gasteiger partial charge in [0, 0.05) is 184 Å². The first-order valence-electron chi connectivity index (χ1n) is 81.2. The molecule has 6 aromatic rings. The Morgan fingerprint density at radius 3 is 0.725 bits per heavy atom. The van der Waals surface area contributed by atoms with Crippen LogP contribution >= 0.6 is 0 Å². The predicted octanol–water partition coefficient (Wildman–Crippen LogP) is 18.2. The summed E-state index contributed by atoms with van der Waals surface area (Å²) in [6, 6.07) is -14.6. The van der Waals surface area contributed by atoms with E-state index in [-0.39, 0.29) is 130 Å². The third kappa shape index (κ3) is 25.4. The first-order valence-corrected chi connectivity index (χ1v) is 44.7. The molecule has 0 aromatic heterocycles. The van der Waals surface area contributed by atoms with E-state index in [1.807, 2.05) is 13.8 Å². The number of nitrogens with zero attached hydrogens (tertiary/aromatic N) is 6. The lowest BCUT2D eigenvalue weighted by Gasteiger charge is -2.46. The summed E-state index contributed by atoms with van der Waals surface area (Å²) < 4.78 is 666. The Labute approximate surface area is 929 Å². The number of aliphatic hydroxyl groups is 6. The quantitative estimate of drug-likeness (QED) is 0.0329. The fourth-order valence-electron chi connectivity index (χ4n) is 18.3. The maximum atomic E-state index is 11.1. The van der Waals surface area contributed by atoms with E-state index in [1.54, 1.807) is 13.8 Å². The molecule has 0 spiro atoms. The lowest BCUT2D eigenvalue weighted by atomic mass is 9.79. The lowest BCUT2D eigenvalue weighted by Crippen LogP contribution is -2.48. The molecule has 22 unspecified atom stereocenters. The molecule has 22 atom stereocenters. The first kappa shape index (κ1) is 47.1. The van der Waals surface area contributed by atoms with Crippen molar-refractivity contribution in [1.29, 1.82) is 0 Å². The molecule has 6 N–H and O–H groups in total. The molecule has 138 heavy (non-hydrogen) atoms. The van der Waals surface area contributed by atoms with E-state index in [1.165, 1.54) is 47.6 Å². The van der Waals surface area contributed by atoms with Crippen molar-refractivity contribution in [3.63, 3.8) is 0 Å². The predicted molar refractivity (Wildman–Crippen MR) is 547 cm³/mol. The van der Waals surface area contributed by atoms with Crippen molar-refractivity contribution in [3.8, 4) is 69.0 Å². The van der Waals surface area contributed by atoms with Crippen molar-refractivity contribution < 1.29 is 188 Å². The molecule has 24 nitrogen and oxygen atoms in total. The fourth-order valence-corrected chi connectivity index (χ4v) is 18.3. The number of aliphatic hydroxyl groups excluding tert-OH is 5. The van der Waals surface area contributed by atoms with Gasteiger partial charge in [-0.05, 0) is 325 Å². The van der Waals surface area contributed by atoms with Gasteiger partial charge in [-0.15, -0.1) is 0 Å². The summed E-state index contributed by atoms with van der Waals surface area (Å²) >= 11 is 0. The van der Waals surface area contributed by atoms with Crippen LogP contribution in [0, 0.1) is 70.9 Å². The van der Waals surface area contributed by atoms with Gasteiger partial charge in [0.05, 0.1) is 152 Å². The topological polar surface area (TPSA) is 252 Å². The van der Waals surface area contributed by atoms with Gasteiger partial charge < -0.3 is 87.5 Å². The summed E-state index contributed by atoms with van der Waals surface area (Å²) in [5, 5.41) is 65.9. The van der Waals surface area contributed by atoms with Gasteiger partial charge in [0.2, 0.25) is 0 Å². The Bertz CT molecular complexity index is 8220. The Morgan fingerprint density at radius 2 is 0.507 bits per heavy atom. The number of rotatable bonds is 24. The Hall–Kier alpha value is -7.56. The Balaban J connectivity index is 0.000000202. The summed E-state index contributed by atoms with van der Waals surface area (Å²) in [6.07, 6.45) is -43.6. The molecule has 0 bridgehead atoms. The second-order valence-electron chi connectivity index (χ2n) is 35.2. The molecule has 6 fully saturated rings. The number of fused-ring (bicyclic) bond motifs is 18. The van der Waals surface area contributed by atoms with Gasteiger partial charge in [0.1, 0.15) is 0 Å². The van der Waals surface area contributed by atoms with Crippen LogP contribution in [-0.2, 0) is 38.2 Å². The summed E-state index contributed by atoms with van der Waals surface area (Å²) in [7, 11) is 1.39. The van der Waals surface area contributed by atoms with Gasteiger partial charge in [-0.2, -0.15) is 0 Å². The number of ether oxygens (including phenoxy) is 12. The normalized spacial score (nSPS) is 43.8. The third-order valence-corrected chi connectivity index (χ3v) is 24.7. The van der Waals surface area contributed by atoms with Crippen molar-refractivity contribution >= 4 is 0 Å². The van der Waals surface area contributed by atoms with Gasteiger partial charge in [0.15, 0.2) is 69.0 Å². The highest BCUT2D eigenvalue weighted by atomic mass is 16.5. The van der Waals surface area contributed by atoms with E-state index in [9.17, 15) is 30.6 Å². The number of benzene rings is 6. The standard InChI is InChI=1S/6C19H29NO3/c6*1-12(2)7-14-11-20-6-5-13-8-18(22-3)19(23-4)9-15(13)16(20)10-17(14)21/h6*8-9,12,14,16-17,21H,5-7,10-11H2,1-4H3/i2*1D3,4D3,5D2,6D2,7D2,8D,9D,12D;5D2,6D2,8D,9D,10D2,14D,17D;2*1D3,5D2,6D2,7D2,8D,9D,12D;4D3,5D2,6D2,8D,9D. The fraction of sp³-hybridized carbons (Fsp3) is 0.684. The zero-order chi connectivity index (χ0) is 163. The molecule has 24 heteroatoms. The largest absolute Gasteiger partial charge is 0.493 e. The van der Waals surface area contributed by atoms with Gasteiger partial charge in [-0.3, -0.25) is 29.4 Å². The Kier molecular flexibility index (Phi) is 16.8. The van der Waals surface area contributed by atoms with Gasteiger partial charge >= 0.3 is 0 Å². The van der Waals surface area contributed by atoms with Crippen LogP contribution in [0.1, 0.15) is 363 Å². The molecular weight excluding hydrogens is 1740 g/mol. The number of methoxy groups -OCH3 is 12. The average Bonchev–Trinajstić information content (AvgIpc) is 0.661. The highest BCUT2D eigenvalue weighted by Crippen LogP contribution is 2.52. The van der Waals surface area contributed by atoms with Crippen molar-refractivity contribution in [2.24, 2.45) is 70.9 Å². The minimum atomic E-state index is -3.12. The van der Waals surface area contributed by atoms with Crippen molar-refractivity contribution in [1.82, 2.24) is 29.4 Å². The maximum Gasteiger partial charge on any atom is 0.161 e. The number of hydrogen-bond donors (Lipinski definition) is 6. The SMILES string of the molecule is [2H]c1c(OC([2H])([2H])[2H])c(OC)c([2H])c2c1C1CC(O)C(C([2H])([2H])C([2H])(C)C([2H])([2H])[2H])CN1C([2H])([2H])C2([2H])[2H].[2H]c1c(OC([2H])([2H])[2H])c(OC)c([2H])c2c1C1CC(O)C(C([2H])([2H])C([2H])(C)C([2H])([2H])[2H])CN1C([2H])([2H])C2([2H])[2H].[2H]c1c(OC([2H])([2H])[2H])c(OC)c([2H])c2c1C1CC(O)C(CC(C)C)CN1C([2H])([2H])C2([2H])[2H].[2H]c1c(OC)c(OC)c([2H])c2c1C1CC(O)C(C([2H])([2H])C([2H])(C)C([2H])([2H])[2H])CN1C([2H])([2H])C2([2H])[2H].[2H]c1c(OC)c(OC)c([2H])c2c1C1CC(O)C(C([2H])([2H])C([2H])(C)C([2H])([2H])[2H])CN1C([2H])([2H])C2([2H])[2H].[2H]c1c(OC)c(OC)c([2H])c2c1C1N(CC([2H])(CC(C)C)C([2H])(O)C1([2H])[2H])C([2H])([2H])C2([2H])[2H]. The van der Waals surface area contributed by atoms with Crippen LogP contribution in [0.2, 0.25) is 0 Å². The minimum absolute atomic E-state index is 0.0187. The van der Waals surface area contributed by atoms with Crippen LogP contribution < -0.4 is 56.8 Å². The Morgan fingerprint density at radius 1 is 0.304 bits per heavy atom.